The Kier molecular flexibility index (Phi) is 8.22. The van der Waals surface area contributed by atoms with Crippen LogP contribution < -0.4 is 4.90 Å². The highest BCUT2D eigenvalue weighted by Crippen LogP contribution is 2.22. The van der Waals surface area contributed by atoms with Gasteiger partial charge < -0.3 is 19.5 Å². The smallest absolute Gasteiger partial charge is 0.335 e. The number of aromatic nitrogens is 2. The van der Waals surface area contributed by atoms with Gasteiger partial charge in [-0.2, -0.15) is 10.1 Å². The van der Waals surface area contributed by atoms with Gasteiger partial charge in [0.25, 0.3) is 5.96 Å². The normalized spacial score (nSPS) is 14.1. The summed E-state index contributed by atoms with van der Waals surface area (Å²) in [6, 6.07) is 16.3. The molecule has 2 heterocycles. The summed E-state index contributed by atoms with van der Waals surface area (Å²) in [5, 5.41) is 13.8. The number of hydrogen-bond donors (Lipinski definition) is 1. The van der Waals surface area contributed by atoms with Gasteiger partial charge in [0.15, 0.2) is 5.84 Å². The molecule has 0 aliphatic carbocycles. The molecule has 0 saturated heterocycles. The number of methoxy groups -OCH3 is 2. The first-order valence-corrected chi connectivity index (χ1v) is 11.9. The highest BCUT2D eigenvalue weighted by atomic mass is 16.5. The van der Waals surface area contributed by atoms with Crippen LogP contribution in [0.3, 0.4) is 0 Å². The summed E-state index contributed by atoms with van der Waals surface area (Å²) in [5.41, 5.74) is 4.97. The van der Waals surface area contributed by atoms with Crippen molar-refractivity contribution in [1.82, 2.24) is 9.78 Å². The van der Waals surface area contributed by atoms with Crippen molar-refractivity contribution >= 4 is 34.9 Å². The first kappa shape index (κ1) is 25.9. The number of carboxylic acid groups (broad SMARTS) is 1. The maximum Gasteiger partial charge on any atom is 0.335 e. The van der Waals surface area contributed by atoms with Crippen molar-refractivity contribution in [3.05, 3.63) is 77.1 Å². The van der Waals surface area contributed by atoms with Gasteiger partial charge in [0.1, 0.15) is 5.71 Å². The number of benzene rings is 2. The van der Waals surface area contributed by atoms with E-state index in [1.54, 1.807) is 43.2 Å². The minimum Gasteiger partial charge on any atom is -0.478 e. The molecule has 10 heteroatoms. The standard InChI is InChI=1S/C27H30N6O4/c1-18-17-19(2)33(31-18)27-29-24(20-5-7-21(8-6-20)26(34)35)25(30-27)28-22-9-11-23(12-10-22)32(13-15-36-3)14-16-37-4/h5-12,17H,13-16H2,1-4H3,(H,34,35). The highest BCUT2D eigenvalue weighted by Gasteiger charge is 2.23. The third kappa shape index (κ3) is 6.16. The second-order valence-corrected chi connectivity index (χ2v) is 8.52. The Bertz CT molecular complexity index is 1330. The molecule has 1 aliphatic heterocycles. The Hall–Kier alpha value is -4.15. The van der Waals surface area contributed by atoms with E-state index in [1.807, 2.05) is 44.2 Å². The zero-order chi connectivity index (χ0) is 26.4. The zero-order valence-corrected chi connectivity index (χ0v) is 21.4. The number of aryl methyl sites for hydroxylation is 2. The van der Waals surface area contributed by atoms with Crippen LogP contribution in [0.2, 0.25) is 0 Å². The molecule has 0 atom stereocenters. The summed E-state index contributed by atoms with van der Waals surface area (Å²) in [6.45, 7) is 6.55. The van der Waals surface area contributed by atoms with Gasteiger partial charge >= 0.3 is 5.97 Å². The molecule has 0 fully saturated rings. The summed E-state index contributed by atoms with van der Waals surface area (Å²) >= 11 is 0. The van der Waals surface area contributed by atoms with Gasteiger partial charge in [-0.3, -0.25) is 0 Å². The molecule has 1 N–H and O–H groups in total. The van der Waals surface area contributed by atoms with Gasteiger partial charge in [-0.25, -0.2) is 19.5 Å². The predicted octanol–water partition coefficient (Wildman–Crippen LogP) is 3.73. The average Bonchev–Trinajstić information content (AvgIpc) is 3.46. The Balaban J connectivity index is 1.68. The van der Waals surface area contributed by atoms with Gasteiger partial charge in [0.2, 0.25) is 0 Å². The van der Waals surface area contributed by atoms with Crippen LogP contribution in [0.25, 0.3) is 0 Å². The van der Waals surface area contributed by atoms with E-state index in [2.05, 4.69) is 15.0 Å². The molecule has 0 spiro atoms. The second-order valence-electron chi connectivity index (χ2n) is 8.52. The fourth-order valence-electron chi connectivity index (χ4n) is 3.92. The lowest BCUT2D eigenvalue weighted by atomic mass is 10.1. The van der Waals surface area contributed by atoms with Crippen molar-refractivity contribution in [2.75, 3.05) is 45.4 Å². The Morgan fingerprint density at radius 3 is 2.16 bits per heavy atom. The van der Waals surface area contributed by atoms with Crippen molar-refractivity contribution in [3.8, 4) is 0 Å². The van der Waals surface area contributed by atoms with E-state index in [4.69, 9.17) is 19.5 Å². The number of rotatable bonds is 10. The topological polar surface area (TPSA) is 114 Å². The molecular weight excluding hydrogens is 472 g/mol. The van der Waals surface area contributed by atoms with Crippen molar-refractivity contribution in [3.63, 3.8) is 0 Å². The molecule has 0 radical (unpaired) electrons. The molecule has 1 aliphatic rings. The average molecular weight is 503 g/mol. The number of hydrogen-bond acceptors (Lipinski definition) is 7. The summed E-state index contributed by atoms with van der Waals surface area (Å²) in [4.78, 5) is 27.7. The number of ether oxygens (including phenoxy) is 2. The quantitative estimate of drug-likeness (QED) is 0.452. The maximum absolute atomic E-state index is 11.3. The Morgan fingerprint density at radius 1 is 0.973 bits per heavy atom. The monoisotopic (exact) mass is 502 g/mol. The minimum atomic E-state index is -0.987. The van der Waals surface area contributed by atoms with E-state index in [0.29, 0.717) is 42.0 Å². The van der Waals surface area contributed by atoms with E-state index in [9.17, 15) is 9.90 Å². The summed E-state index contributed by atoms with van der Waals surface area (Å²) in [6.07, 6.45) is 0. The van der Waals surface area contributed by atoms with E-state index < -0.39 is 5.97 Å². The van der Waals surface area contributed by atoms with E-state index in [-0.39, 0.29) is 5.56 Å². The lowest BCUT2D eigenvalue weighted by Gasteiger charge is -2.24. The molecule has 3 aromatic rings. The van der Waals surface area contributed by atoms with Gasteiger partial charge in [-0.05, 0) is 56.3 Å². The van der Waals surface area contributed by atoms with Crippen molar-refractivity contribution in [1.29, 1.82) is 0 Å². The van der Waals surface area contributed by atoms with Gasteiger partial charge in [0, 0.05) is 44.3 Å². The molecule has 0 bridgehead atoms. The molecule has 1 aromatic heterocycles. The van der Waals surface area contributed by atoms with Gasteiger partial charge in [0.05, 0.1) is 30.2 Å². The van der Waals surface area contributed by atoms with Crippen LogP contribution in [0.15, 0.2) is 69.6 Å². The third-order valence-electron chi connectivity index (χ3n) is 5.81. The third-order valence-corrected chi connectivity index (χ3v) is 5.81. The fourth-order valence-corrected chi connectivity index (χ4v) is 3.92. The Labute approximate surface area is 215 Å². The van der Waals surface area contributed by atoms with Crippen LogP contribution in [0, 0.1) is 13.8 Å². The van der Waals surface area contributed by atoms with Crippen LogP contribution in [-0.2, 0) is 9.47 Å². The lowest BCUT2D eigenvalue weighted by molar-refractivity contribution is 0.0697. The molecule has 0 unspecified atom stereocenters. The van der Waals surface area contributed by atoms with E-state index in [1.165, 1.54) is 0 Å². The van der Waals surface area contributed by atoms with Crippen molar-refractivity contribution in [2.45, 2.75) is 13.8 Å². The largest absolute Gasteiger partial charge is 0.478 e. The van der Waals surface area contributed by atoms with Crippen LogP contribution in [0.1, 0.15) is 27.3 Å². The summed E-state index contributed by atoms with van der Waals surface area (Å²) in [7, 11) is 3.37. The fraction of sp³-hybridized carbons (Fsp3) is 0.296. The molecule has 0 saturated carbocycles. The van der Waals surface area contributed by atoms with Crippen LogP contribution in [0.5, 0.6) is 0 Å². The lowest BCUT2D eigenvalue weighted by Crippen LogP contribution is -2.30. The van der Waals surface area contributed by atoms with Crippen molar-refractivity contribution < 1.29 is 19.4 Å². The van der Waals surface area contributed by atoms with Crippen LogP contribution >= 0.6 is 0 Å². The molecule has 4 rings (SSSR count). The number of aromatic carboxylic acids is 1. The number of carboxylic acids is 1. The molecule has 37 heavy (non-hydrogen) atoms. The zero-order valence-electron chi connectivity index (χ0n) is 21.4. The van der Waals surface area contributed by atoms with Gasteiger partial charge in [-0.1, -0.05) is 12.1 Å². The van der Waals surface area contributed by atoms with E-state index >= 15 is 0 Å². The molecule has 0 amide bonds. The molecule has 2 aromatic carbocycles. The molecular formula is C27H30N6O4. The molecule has 192 valence electrons. The maximum atomic E-state index is 11.3. The first-order chi connectivity index (χ1) is 17.9. The van der Waals surface area contributed by atoms with Crippen molar-refractivity contribution in [2.24, 2.45) is 15.0 Å². The summed E-state index contributed by atoms with van der Waals surface area (Å²) in [5.74, 6) is -0.156. The number of aliphatic imine (C=N–C) groups is 3. The van der Waals surface area contributed by atoms with E-state index in [0.717, 1.165) is 30.2 Å². The molecule has 10 nitrogen and oxygen atoms in total. The number of nitrogens with zero attached hydrogens (tertiary/aromatic N) is 6. The number of anilines is 1. The summed E-state index contributed by atoms with van der Waals surface area (Å²) < 4.78 is 12.2. The van der Waals surface area contributed by atoms with Gasteiger partial charge in [-0.15, -0.1) is 0 Å². The van der Waals surface area contributed by atoms with Crippen LogP contribution in [-0.4, -0.2) is 78.9 Å². The van der Waals surface area contributed by atoms with Crippen LogP contribution in [0.4, 0.5) is 11.4 Å². The Morgan fingerprint density at radius 2 is 1.62 bits per heavy atom. The minimum absolute atomic E-state index is 0.197. The number of carbonyl (C=O) groups is 1. The number of amidine groups is 1. The first-order valence-electron chi connectivity index (χ1n) is 11.9. The second kappa shape index (κ2) is 11.7. The predicted molar refractivity (Wildman–Crippen MR) is 144 cm³/mol. The SMILES string of the molecule is COCCN(CCOC)c1ccc(N=C2N=C(n3nc(C)cc3C)N=C2c2ccc(C(=O)O)cc2)cc1. The highest BCUT2D eigenvalue weighted by molar-refractivity contribution is 6.53.